The van der Waals surface area contributed by atoms with Crippen LogP contribution >= 0.6 is 23.1 Å². The zero-order valence-corrected chi connectivity index (χ0v) is 19.0. The molecule has 1 aromatic carbocycles. The molecule has 0 fully saturated rings. The predicted octanol–water partition coefficient (Wildman–Crippen LogP) is 4.90. The monoisotopic (exact) mass is 429 g/mol. The van der Waals surface area contributed by atoms with Gasteiger partial charge < -0.3 is 4.90 Å². The van der Waals surface area contributed by atoms with Crippen LogP contribution in [0.1, 0.15) is 53.6 Å². The highest BCUT2D eigenvalue weighted by Crippen LogP contribution is 2.27. The Balaban J connectivity index is 1.73. The third-order valence-corrected chi connectivity index (χ3v) is 6.49. The summed E-state index contributed by atoms with van der Waals surface area (Å²) in [6.45, 7) is 9.76. The largest absolute Gasteiger partial charge is 0.337 e. The molecular weight excluding hydrogens is 402 g/mol. The number of thioether (sulfide) groups is 1. The minimum atomic E-state index is 0.0279. The third-order valence-electron chi connectivity index (χ3n) is 4.52. The van der Waals surface area contributed by atoms with Crippen molar-refractivity contribution >= 4 is 29.0 Å². The van der Waals surface area contributed by atoms with Crippen LogP contribution in [0.2, 0.25) is 0 Å². The number of hydrogen-bond donors (Lipinski definition) is 0. The van der Waals surface area contributed by atoms with Gasteiger partial charge in [0.05, 0.1) is 11.4 Å². The number of aromatic nitrogens is 4. The standard InChI is InChI=1S/C21H27N5OS2/c1-5-11-25(12-6-2)20(27)17-13-28-19(22-17)14-29-21-24-23-16(4)26(21)18-10-8-7-9-15(18)3/h7-10,13H,5-6,11-12,14H2,1-4H3. The molecule has 0 saturated heterocycles. The fraction of sp³-hybridized carbons (Fsp3) is 0.429. The molecule has 0 spiro atoms. The van der Waals surface area contributed by atoms with Gasteiger partial charge in [0.1, 0.15) is 16.5 Å². The van der Waals surface area contributed by atoms with Crippen molar-refractivity contribution in [3.63, 3.8) is 0 Å². The third kappa shape index (κ3) is 5.05. The van der Waals surface area contributed by atoms with E-state index in [1.54, 1.807) is 11.8 Å². The lowest BCUT2D eigenvalue weighted by Gasteiger charge is -2.20. The first kappa shape index (κ1) is 21.5. The Bertz CT molecular complexity index is 960. The molecular formula is C21H27N5OS2. The number of carbonyl (C=O) groups is 1. The Kier molecular flexibility index (Phi) is 7.44. The Hall–Kier alpha value is -2.19. The lowest BCUT2D eigenvalue weighted by molar-refractivity contribution is 0.0750. The molecule has 0 aliphatic heterocycles. The van der Waals surface area contributed by atoms with Gasteiger partial charge in [0, 0.05) is 18.5 Å². The fourth-order valence-corrected chi connectivity index (χ4v) is 4.92. The average molecular weight is 430 g/mol. The van der Waals surface area contributed by atoms with Crippen LogP contribution in [0.15, 0.2) is 34.8 Å². The molecule has 6 nitrogen and oxygen atoms in total. The van der Waals surface area contributed by atoms with Crippen LogP contribution in [0.5, 0.6) is 0 Å². The highest BCUT2D eigenvalue weighted by Gasteiger charge is 2.18. The number of thiazole rings is 1. The van der Waals surface area contributed by atoms with Crippen LogP contribution in [-0.2, 0) is 5.75 Å². The normalized spacial score (nSPS) is 11.0. The summed E-state index contributed by atoms with van der Waals surface area (Å²) in [6.07, 6.45) is 1.90. The molecule has 8 heteroatoms. The number of rotatable bonds is 9. The summed E-state index contributed by atoms with van der Waals surface area (Å²) in [5.74, 6) is 1.54. The maximum Gasteiger partial charge on any atom is 0.273 e. The molecule has 0 radical (unpaired) electrons. The second-order valence-electron chi connectivity index (χ2n) is 6.86. The van der Waals surface area contributed by atoms with E-state index in [2.05, 4.69) is 52.7 Å². The number of hydrogen-bond acceptors (Lipinski definition) is 6. The molecule has 0 bridgehead atoms. The van der Waals surface area contributed by atoms with Gasteiger partial charge in [-0.25, -0.2) is 4.98 Å². The number of aryl methyl sites for hydroxylation is 2. The molecule has 0 unspecified atom stereocenters. The van der Waals surface area contributed by atoms with E-state index in [1.165, 1.54) is 16.9 Å². The first-order chi connectivity index (χ1) is 14.0. The van der Waals surface area contributed by atoms with Gasteiger partial charge in [0.2, 0.25) is 0 Å². The second-order valence-corrected chi connectivity index (χ2v) is 8.74. The van der Waals surface area contributed by atoms with Gasteiger partial charge in [-0.1, -0.05) is 43.8 Å². The predicted molar refractivity (Wildman–Crippen MR) is 119 cm³/mol. The van der Waals surface area contributed by atoms with E-state index < -0.39 is 0 Å². The van der Waals surface area contributed by atoms with Crippen LogP contribution in [-0.4, -0.2) is 43.6 Å². The highest BCUT2D eigenvalue weighted by molar-refractivity contribution is 7.98. The zero-order chi connectivity index (χ0) is 20.8. The van der Waals surface area contributed by atoms with Crippen LogP contribution < -0.4 is 0 Å². The molecule has 3 rings (SSSR count). The van der Waals surface area contributed by atoms with E-state index in [-0.39, 0.29) is 5.91 Å². The van der Waals surface area contributed by atoms with E-state index in [0.29, 0.717) is 11.4 Å². The Morgan fingerprint density at radius 1 is 1.14 bits per heavy atom. The van der Waals surface area contributed by atoms with Gasteiger partial charge in [0.15, 0.2) is 5.16 Å². The Labute approximate surface area is 180 Å². The summed E-state index contributed by atoms with van der Waals surface area (Å²) < 4.78 is 2.07. The number of benzene rings is 1. The lowest BCUT2D eigenvalue weighted by Crippen LogP contribution is -2.32. The van der Waals surface area contributed by atoms with E-state index in [9.17, 15) is 4.79 Å². The number of para-hydroxylation sites is 1. The summed E-state index contributed by atoms with van der Waals surface area (Å²) >= 11 is 3.12. The number of carbonyl (C=O) groups excluding carboxylic acids is 1. The molecule has 1 amide bonds. The SMILES string of the molecule is CCCN(CCC)C(=O)c1csc(CSc2nnc(C)n2-c2ccccc2C)n1. The summed E-state index contributed by atoms with van der Waals surface area (Å²) in [5.41, 5.74) is 2.80. The van der Waals surface area contributed by atoms with Crippen molar-refractivity contribution in [1.82, 2.24) is 24.6 Å². The van der Waals surface area contributed by atoms with E-state index >= 15 is 0 Å². The first-order valence-electron chi connectivity index (χ1n) is 9.89. The van der Waals surface area contributed by atoms with Crippen LogP contribution in [0, 0.1) is 13.8 Å². The van der Waals surface area contributed by atoms with Crippen molar-refractivity contribution in [2.45, 2.75) is 51.4 Å². The molecule has 0 saturated carbocycles. The topological polar surface area (TPSA) is 63.9 Å². The Morgan fingerprint density at radius 2 is 1.86 bits per heavy atom. The molecule has 0 atom stereocenters. The van der Waals surface area contributed by atoms with E-state index in [4.69, 9.17) is 0 Å². The van der Waals surface area contributed by atoms with Crippen molar-refractivity contribution in [2.75, 3.05) is 13.1 Å². The van der Waals surface area contributed by atoms with Crippen molar-refractivity contribution < 1.29 is 4.79 Å². The number of amides is 1. The summed E-state index contributed by atoms with van der Waals surface area (Å²) in [4.78, 5) is 19.2. The summed E-state index contributed by atoms with van der Waals surface area (Å²) in [6, 6.07) is 8.21. The average Bonchev–Trinajstić information content (AvgIpc) is 3.33. The zero-order valence-electron chi connectivity index (χ0n) is 17.4. The van der Waals surface area contributed by atoms with Crippen LogP contribution in [0.25, 0.3) is 5.69 Å². The van der Waals surface area contributed by atoms with Crippen molar-refractivity contribution in [3.05, 3.63) is 51.7 Å². The second kappa shape index (κ2) is 10.0. The van der Waals surface area contributed by atoms with Crippen molar-refractivity contribution in [1.29, 1.82) is 0 Å². The van der Waals surface area contributed by atoms with Crippen molar-refractivity contribution in [3.8, 4) is 5.69 Å². The molecule has 2 heterocycles. The minimum absolute atomic E-state index is 0.0279. The summed E-state index contributed by atoms with van der Waals surface area (Å²) in [5, 5.41) is 12.2. The van der Waals surface area contributed by atoms with Crippen LogP contribution in [0.4, 0.5) is 0 Å². The molecule has 0 aliphatic carbocycles. The quantitative estimate of drug-likeness (QED) is 0.453. The molecule has 29 heavy (non-hydrogen) atoms. The smallest absolute Gasteiger partial charge is 0.273 e. The lowest BCUT2D eigenvalue weighted by atomic mass is 10.2. The number of nitrogens with zero attached hydrogens (tertiary/aromatic N) is 5. The fourth-order valence-electron chi connectivity index (χ4n) is 3.15. The molecule has 154 valence electrons. The molecule has 0 aliphatic rings. The van der Waals surface area contributed by atoms with Crippen molar-refractivity contribution in [2.24, 2.45) is 0 Å². The first-order valence-corrected chi connectivity index (χ1v) is 11.8. The van der Waals surface area contributed by atoms with E-state index in [0.717, 1.165) is 47.6 Å². The van der Waals surface area contributed by atoms with Crippen LogP contribution in [0.3, 0.4) is 0 Å². The highest BCUT2D eigenvalue weighted by atomic mass is 32.2. The van der Waals surface area contributed by atoms with Gasteiger partial charge in [-0.15, -0.1) is 21.5 Å². The summed E-state index contributed by atoms with van der Waals surface area (Å²) in [7, 11) is 0. The van der Waals surface area contributed by atoms with E-state index in [1.807, 2.05) is 29.3 Å². The van der Waals surface area contributed by atoms with Gasteiger partial charge in [-0.2, -0.15) is 0 Å². The van der Waals surface area contributed by atoms with Gasteiger partial charge in [-0.3, -0.25) is 9.36 Å². The van der Waals surface area contributed by atoms with Gasteiger partial charge in [0.25, 0.3) is 5.91 Å². The maximum atomic E-state index is 12.7. The molecule has 0 N–H and O–H groups in total. The Morgan fingerprint density at radius 3 is 2.55 bits per heavy atom. The maximum absolute atomic E-state index is 12.7. The van der Waals surface area contributed by atoms with Gasteiger partial charge in [-0.05, 0) is 38.3 Å². The molecule has 2 aromatic heterocycles. The molecule has 3 aromatic rings. The minimum Gasteiger partial charge on any atom is -0.337 e. The van der Waals surface area contributed by atoms with Gasteiger partial charge >= 0.3 is 0 Å².